The average molecular weight is 510 g/mol. The lowest BCUT2D eigenvalue weighted by molar-refractivity contribution is -0.427. The van der Waals surface area contributed by atoms with Crippen LogP contribution in [0.3, 0.4) is 0 Å². The zero-order chi connectivity index (χ0) is 25.7. The maximum Gasteiger partial charge on any atom is 0.338 e. The Balaban J connectivity index is 1.32. The van der Waals surface area contributed by atoms with E-state index in [1.54, 1.807) is 7.11 Å². The third-order valence-electron chi connectivity index (χ3n) is 8.98. The van der Waals surface area contributed by atoms with E-state index in [0.717, 1.165) is 0 Å². The van der Waals surface area contributed by atoms with Crippen LogP contribution in [0.25, 0.3) is 0 Å². The van der Waals surface area contributed by atoms with Crippen molar-refractivity contribution in [2.24, 2.45) is 11.3 Å². The predicted octanol–water partition coefficient (Wildman–Crippen LogP) is -0.998. The van der Waals surface area contributed by atoms with E-state index in [1.807, 2.05) is 6.92 Å². The van der Waals surface area contributed by atoms with Crippen LogP contribution in [0, 0.1) is 11.3 Å². The minimum Gasteiger partial charge on any atom is -0.508 e. The maximum absolute atomic E-state index is 12.8. The van der Waals surface area contributed by atoms with Crippen molar-refractivity contribution < 1.29 is 58.7 Å². The van der Waals surface area contributed by atoms with Gasteiger partial charge in [-0.25, -0.2) is 4.79 Å². The molecule has 1 aromatic carbocycles. The first kappa shape index (κ1) is 24.5. The van der Waals surface area contributed by atoms with E-state index in [0.29, 0.717) is 12.8 Å². The zero-order valence-electron chi connectivity index (χ0n) is 19.8. The summed E-state index contributed by atoms with van der Waals surface area (Å²) in [6.07, 6.45) is -7.45. The number of hydrogen-bond acceptors (Lipinski definition) is 12. The largest absolute Gasteiger partial charge is 0.508 e. The minimum atomic E-state index is -1.61. The Morgan fingerprint density at radius 1 is 1.11 bits per heavy atom. The summed E-state index contributed by atoms with van der Waals surface area (Å²) in [6.45, 7) is 1.08. The molecular weight excluding hydrogens is 480 g/mol. The van der Waals surface area contributed by atoms with Crippen LogP contribution in [-0.2, 0) is 28.4 Å². The lowest BCUT2D eigenvalue weighted by Crippen LogP contribution is -2.81. The van der Waals surface area contributed by atoms with Gasteiger partial charge in [0.15, 0.2) is 18.4 Å². The van der Waals surface area contributed by atoms with Gasteiger partial charge in [0.1, 0.15) is 48.0 Å². The number of phenols is 1. The second kappa shape index (κ2) is 7.82. The van der Waals surface area contributed by atoms with Crippen molar-refractivity contribution in [3.05, 3.63) is 29.8 Å². The summed E-state index contributed by atoms with van der Waals surface area (Å²) in [5.74, 6) is -1.84. The number of ether oxygens (including phenoxy) is 6. The highest BCUT2D eigenvalue weighted by molar-refractivity contribution is 5.89. The number of carbonyl (C=O) groups excluding carboxylic acids is 1. The molecule has 5 N–H and O–H groups in total. The molecule has 8 rings (SSSR count). The Bertz CT molecular complexity index is 1050. The van der Waals surface area contributed by atoms with Crippen molar-refractivity contribution in [2.45, 2.75) is 73.8 Å². The Kier molecular flexibility index (Phi) is 5.31. The summed E-state index contributed by atoms with van der Waals surface area (Å²) in [4.78, 5) is 12.8. The van der Waals surface area contributed by atoms with Gasteiger partial charge in [0, 0.05) is 19.4 Å². The first-order valence-electron chi connectivity index (χ1n) is 11.9. The van der Waals surface area contributed by atoms with Crippen LogP contribution in [0.5, 0.6) is 5.75 Å². The first-order chi connectivity index (χ1) is 17.1. The molecule has 11 atom stereocenters. The van der Waals surface area contributed by atoms with E-state index >= 15 is 0 Å². The van der Waals surface area contributed by atoms with Gasteiger partial charge in [-0.3, -0.25) is 0 Å². The smallest absolute Gasteiger partial charge is 0.338 e. The van der Waals surface area contributed by atoms with Gasteiger partial charge in [-0.05, 0) is 37.6 Å². The van der Waals surface area contributed by atoms with Gasteiger partial charge in [0.25, 0.3) is 0 Å². The number of aromatic hydroxyl groups is 1. The summed E-state index contributed by atoms with van der Waals surface area (Å²) in [5, 5.41) is 50.2. The number of aliphatic hydroxyl groups is 4. The standard InChI is InChI=1S/C24H30O12/c1-21-9-23(31-2)14-7-24(21,34-19-17(29)16(28)15(27)13(8-25)33-19)22(14,20(35-21)36-23)10-32-18(30)11-3-5-12(26)6-4-11/h3-6,13-17,19-20,25-29H,7-10H2,1-2H3/t13-,14-,15-,16+,17-,19+,20-,21+,22+,23-,24+/m1/s1. The molecule has 1 aromatic rings. The van der Waals surface area contributed by atoms with Crippen molar-refractivity contribution in [3.63, 3.8) is 0 Å². The lowest BCUT2D eigenvalue weighted by Gasteiger charge is -2.68. The van der Waals surface area contributed by atoms with Gasteiger partial charge in [-0.1, -0.05) is 0 Å². The topological polar surface area (TPSA) is 174 Å². The molecule has 3 saturated carbocycles. The SMILES string of the molecule is CO[C@]12C[C@]3(C)O[C@H](O1)[C@]1(COC(=O)c4ccc(O)cc4)[C@H]2C[C@@]13O[C@@H]1O[C@H](CO)[C@@H](O)[C@H](O)[C@H]1O. The van der Waals surface area contributed by atoms with E-state index in [1.165, 1.54) is 24.3 Å². The number of aliphatic hydroxyl groups excluding tert-OH is 4. The Morgan fingerprint density at radius 3 is 2.50 bits per heavy atom. The van der Waals surface area contributed by atoms with Gasteiger partial charge in [0.05, 0.1) is 17.6 Å². The summed E-state index contributed by atoms with van der Waals surface area (Å²) in [7, 11) is 1.55. The summed E-state index contributed by atoms with van der Waals surface area (Å²) >= 11 is 0. The van der Waals surface area contributed by atoms with Crippen LogP contribution < -0.4 is 0 Å². The fraction of sp³-hybridized carbons (Fsp3) is 0.708. The number of benzene rings is 1. The van der Waals surface area contributed by atoms with Crippen LogP contribution in [0.15, 0.2) is 24.3 Å². The molecule has 7 aliphatic rings. The fourth-order valence-electron chi connectivity index (χ4n) is 7.13. The van der Waals surface area contributed by atoms with Gasteiger partial charge in [0.2, 0.25) is 0 Å². The van der Waals surface area contributed by atoms with E-state index in [2.05, 4.69) is 0 Å². The average Bonchev–Trinajstić information content (AvgIpc) is 3.07. The molecule has 6 bridgehead atoms. The van der Waals surface area contributed by atoms with Crippen molar-refractivity contribution >= 4 is 5.97 Å². The number of phenolic OH excluding ortho intramolecular Hbond substituents is 1. The minimum absolute atomic E-state index is 0.0155. The molecule has 12 nitrogen and oxygen atoms in total. The summed E-state index contributed by atoms with van der Waals surface area (Å²) in [6, 6.07) is 5.65. The van der Waals surface area contributed by atoms with Crippen molar-refractivity contribution in [1.82, 2.24) is 0 Å². The number of carbonyl (C=O) groups is 1. The molecule has 7 fully saturated rings. The Labute approximate surface area is 206 Å². The number of methoxy groups -OCH3 is 1. The summed E-state index contributed by atoms with van der Waals surface area (Å²) < 4.78 is 36.2. The van der Waals surface area contributed by atoms with Crippen LogP contribution >= 0.6 is 0 Å². The number of esters is 1. The third-order valence-corrected chi connectivity index (χ3v) is 8.98. The molecule has 198 valence electrons. The van der Waals surface area contributed by atoms with E-state index in [4.69, 9.17) is 28.4 Å². The highest BCUT2D eigenvalue weighted by Crippen LogP contribution is 2.82. The van der Waals surface area contributed by atoms with Gasteiger partial charge in [-0.2, -0.15) is 0 Å². The fourth-order valence-corrected chi connectivity index (χ4v) is 7.13. The normalized spacial score (nSPS) is 50.2. The van der Waals surface area contributed by atoms with Gasteiger partial charge in [-0.15, -0.1) is 0 Å². The molecule has 0 amide bonds. The quantitative estimate of drug-likeness (QED) is 0.284. The maximum atomic E-state index is 12.8. The van der Waals surface area contributed by atoms with E-state index < -0.39 is 72.0 Å². The molecule has 4 heterocycles. The monoisotopic (exact) mass is 510 g/mol. The molecule has 0 radical (unpaired) electrons. The predicted molar refractivity (Wildman–Crippen MR) is 115 cm³/mol. The number of rotatable bonds is 7. The lowest BCUT2D eigenvalue weighted by atomic mass is 9.41. The van der Waals surface area contributed by atoms with E-state index in [-0.39, 0.29) is 23.8 Å². The highest BCUT2D eigenvalue weighted by atomic mass is 16.8. The van der Waals surface area contributed by atoms with Crippen LogP contribution in [0.1, 0.15) is 30.1 Å². The second-order valence-electron chi connectivity index (χ2n) is 10.6. The van der Waals surface area contributed by atoms with E-state index in [9.17, 15) is 30.3 Å². The van der Waals surface area contributed by atoms with Crippen molar-refractivity contribution in [1.29, 1.82) is 0 Å². The molecular formula is C24H30O12. The molecule has 12 heteroatoms. The highest BCUT2D eigenvalue weighted by Gasteiger charge is 2.95. The Morgan fingerprint density at radius 2 is 1.83 bits per heavy atom. The van der Waals surface area contributed by atoms with Gasteiger partial charge < -0.3 is 54.0 Å². The molecule has 36 heavy (non-hydrogen) atoms. The first-order valence-corrected chi connectivity index (χ1v) is 11.9. The van der Waals surface area contributed by atoms with Crippen LogP contribution in [-0.4, -0.2) is 106 Å². The van der Waals surface area contributed by atoms with Crippen LogP contribution in [0.2, 0.25) is 0 Å². The second-order valence-corrected chi connectivity index (χ2v) is 10.6. The third kappa shape index (κ3) is 2.82. The van der Waals surface area contributed by atoms with Crippen molar-refractivity contribution in [2.75, 3.05) is 20.3 Å². The van der Waals surface area contributed by atoms with Crippen molar-refractivity contribution in [3.8, 4) is 5.75 Å². The molecule has 0 aromatic heterocycles. The van der Waals surface area contributed by atoms with Crippen LogP contribution in [0.4, 0.5) is 0 Å². The zero-order valence-corrected chi connectivity index (χ0v) is 19.8. The molecule has 0 spiro atoms. The Hall–Kier alpha value is -1.87. The molecule has 4 aliphatic heterocycles. The van der Waals surface area contributed by atoms with Gasteiger partial charge >= 0.3 is 5.97 Å². The summed E-state index contributed by atoms with van der Waals surface area (Å²) in [5.41, 5.74) is -2.91. The molecule has 0 unspecified atom stereocenters. The molecule has 4 saturated heterocycles. The number of hydrogen-bond donors (Lipinski definition) is 5. The molecule has 3 aliphatic carbocycles.